The summed E-state index contributed by atoms with van der Waals surface area (Å²) in [6, 6.07) is 1.18. The van der Waals surface area contributed by atoms with Crippen molar-refractivity contribution in [2.24, 2.45) is 16.6 Å². The molecule has 0 heterocycles. The van der Waals surface area contributed by atoms with E-state index in [0.29, 0.717) is 18.0 Å². The number of hydrogen-bond acceptors (Lipinski definition) is 3. The van der Waals surface area contributed by atoms with Crippen molar-refractivity contribution in [1.29, 1.82) is 0 Å². The normalized spacial score (nSPS) is 27.6. The Hall–Kier alpha value is -0.830. The van der Waals surface area contributed by atoms with E-state index in [2.05, 4.69) is 19.2 Å². The van der Waals surface area contributed by atoms with E-state index in [1.54, 1.807) is 0 Å². The second-order valence-electron chi connectivity index (χ2n) is 5.39. The Bertz CT molecular complexity index is 280. The lowest BCUT2D eigenvalue weighted by Crippen LogP contribution is -2.31. The highest BCUT2D eigenvalue weighted by Gasteiger charge is 2.19. The molecule has 1 saturated carbocycles. The molecule has 3 heteroatoms. The van der Waals surface area contributed by atoms with E-state index < -0.39 is 0 Å². The molecular formula is C14H27N3. The standard InChI is InChI=1S/C14H27N3/c1-10(2)14(9-11(3)15)17-13-7-5-12(16-4)6-8-13/h9-10,12-13,16H,5-8,15H2,1-4H3. The molecule has 0 aliphatic heterocycles. The van der Waals surface area contributed by atoms with Crippen LogP contribution in [0, 0.1) is 5.92 Å². The summed E-state index contributed by atoms with van der Waals surface area (Å²) < 4.78 is 0. The first kappa shape index (κ1) is 14.2. The van der Waals surface area contributed by atoms with Crippen LogP contribution in [0.25, 0.3) is 0 Å². The van der Waals surface area contributed by atoms with Gasteiger partial charge in [0.15, 0.2) is 0 Å². The van der Waals surface area contributed by atoms with Gasteiger partial charge in [-0.2, -0.15) is 0 Å². The van der Waals surface area contributed by atoms with Gasteiger partial charge in [0.2, 0.25) is 0 Å². The van der Waals surface area contributed by atoms with Gasteiger partial charge >= 0.3 is 0 Å². The first-order valence-electron chi connectivity index (χ1n) is 6.71. The van der Waals surface area contributed by atoms with E-state index >= 15 is 0 Å². The summed E-state index contributed by atoms with van der Waals surface area (Å²) in [4.78, 5) is 4.88. The molecule has 0 unspecified atom stereocenters. The Kier molecular flexibility index (Phi) is 5.69. The lowest BCUT2D eigenvalue weighted by atomic mass is 9.91. The predicted octanol–water partition coefficient (Wildman–Crippen LogP) is 2.48. The lowest BCUT2D eigenvalue weighted by Gasteiger charge is -2.26. The van der Waals surface area contributed by atoms with Crippen molar-refractivity contribution in [1.82, 2.24) is 5.32 Å². The molecule has 0 radical (unpaired) electrons. The minimum atomic E-state index is 0.454. The Labute approximate surface area is 106 Å². The van der Waals surface area contributed by atoms with Crippen molar-refractivity contribution in [3.05, 3.63) is 11.8 Å². The summed E-state index contributed by atoms with van der Waals surface area (Å²) in [5.41, 5.74) is 7.75. The summed E-state index contributed by atoms with van der Waals surface area (Å²) in [5, 5.41) is 3.35. The van der Waals surface area contributed by atoms with Crippen LogP contribution in [0.2, 0.25) is 0 Å². The average molecular weight is 237 g/mol. The number of hydrogen-bond donors (Lipinski definition) is 2. The predicted molar refractivity (Wildman–Crippen MR) is 75.3 cm³/mol. The fraction of sp³-hybridized carbons (Fsp3) is 0.786. The molecule has 0 aromatic rings. The van der Waals surface area contributed by atoms with Gasteiger partial charge in [0.05, 0.1) is 6.04 Å². The SMILES string of the molecule is CNC1CCC(N=C(C=C(C)N)C(C)C)CC1. The minimum Gasteiger partial charge on any atom is -0.402 e. The zero-order valence-electron chi connectivity index (χ0n) is 11.7. The number of rotatable bonds is 4. The number of nitrogens with two attached hydrogens (primary N) is 1. The van der Waals surface area contributed by atoms with Crippen LogP contribution in [0.1, 0.15) is 46.5 Å². The summed E-state index contributed by atoms with van der Waals surface area (Å²) in [6.07, 6.45) is 6.88. The van der Waals surface area contributed by atoms with E-state index in [0.717, 1.165) is 11.4 Å². The van der Waals surface area contributed by atoms with Gasteiger partial charge in [0.1, 0.15) is 0 Å². The van der Waals surface area contributed by atoms with Gasteiger partial charge < -0.3 is 11.1 Å². The highest BCUT2D eigenvalue weighted by molar-refractivity contribution is 5.96. The third-order valence-corrected chi connectivity index (χ3v) is 3.40. The number of allylic oxidation sites excluding steroid dienone is 2. The van der Waals surface area contributed by atoms with Crippen LogP contribution in [-0.4, -0.2) is 24.8 Å². The zero-order chi connectivity index (χ0) is 12.8. The van der Waals surface area contributed by atoms with E-state index in [4.69, 9.17) is 10.7 Å². The highest BCUT2D eigenvalue weighted by Crippen LogP contribution is 2.22. The molecule has 0 atom stereocenters. The summed E-state index contributed by atoms with van der Waals surface area (Å²) in [7, 11) is 2.05. The van der Waals surface area contributed by atoms with Crippen molar-refractivity contribution in [3.8, 4) is 0 Å². The quantitative estimate of drug-likeness (QED) is 0.738. The highest BCUT2D eigenvalue weighted by atomic mass is 14.9. The van der Waals surface area contributed by atoms with E-state index in [1.807, 2.05) is 20.0 Å². The third kappa shape index (κ3) is 4.90. The molecule has 0 aromatic heterocycles. The first-order valence-corrected chi connectivity index (χ1v) is 6.71. The molecular weight excluding hydrogens is 210 g/mol. The topological polar surface area (TPSA) is 50.4 Å². The number of aliphatic imine (C=N–C) groups is 1. The molecule has 1 aliphatic rings. The molecule has 0 bridgehead atoms. The van der Waals surface area contributed by atoms with Gasteiger partial charge in [-0.05, 0) is 51.6 Å². The maximum absolute atomic E-state index is 5.75. The largest absolute Gasteiger partial charge is 0.402 e. The fourth-order valence-electron chi connectivity index (χ4n) is 2.29. The second-order valence-corrected chi connectivity index (χ2v) is 5.39. The van der Waals surface area contributed by atoms with E-state index in [9.17, 15) is 0 Å². The van der Waals surface area contributed by atoms with Crippen LogP contribution < -0.4 is 11.1 Å². The van der Waals surface area contributed by atoms with Crippen molar-refractivity contribution in [2.45, 2.75) is 58.5 Å². The third-order valence-electron chi connectivity index (χ3n) is 3.40. The van der Waals surface area contributed by atoms with Crippen LogP contribution in [-0.2, 0) is 0 Å². The molecule has 3 N–H and O–H groups in total. The molecule has 1 aliphatic carbocycles. The van der Waals surface area contributed by atoms with E-state index in [1.165, 1.54) is 25.7 Å². The maximum Gasteiger partial charge on any atom is 0.0504 e. The number of nitrogens with zero attached hydrogens (tertiary/aromatic N) is 1. The summed E-state index contributed by atoms with van der Waals surface area (Å²) >= 11 is 0. The Balaban J connectivity index is 2.63. The summed E-state index contributed by atoms with van der Waals surface area (Å²) in [6.45, 7) is 6.28. The van der Waals surface area contributed by atoms with Gasteiger partial charge in [-0.1, -0.05) is 13.8 Å². The van der Waals surface area contributed by atoms with Crippen LogP contribution >= 0.6 is 0 Å². The van der Waals surface area contributed by atoms with Crippen LogP contribution in [0.4, 0.5) is 0 Å². The van der Waals surface area contributed by atoms with E-state index in [-0.39, 0.29) is 0 Å². The van der Waals surface area contributed by atoms with Gasteiger partial charge in [-0.25, -0.2) is 0 Å². The monoisotopic (exact) mass is 237 g/mol. The van der Waals surface area contributed by atoms with Gasteiger partial charge in [-0.15, -0.1) is 0 Å². The minimum absolute atomic E-state index is 0.454. The average Bonchev–Trinajstić information content (AvgIpc) is 2.28. The number of nitrogens with one attached hydrogen (secondary N) is 1. The molecule has 17 heavy (non-hydrogen) atoms. The lowest BCUT2D eigenvalue weighted by molar-refractivity contribution is 0.359. The van der Waals surface area contributed by atoms with Crippen molar-refractivity contribution in [3.63, 3.8) is 0 Å². The molecule has 98 valence electrons. The molecule has 0 saturated heterocycles. The second kappa shape index (κ2) is 6.80. The molecule has 0 spiro atoms. The van der Waals surface area contributed by atoms with Gasteiger partial charge in [0.25, 0.3) is 0 Å². The van der Waals surface area contributed by atoms with Crippen molar-refractivity contribution in [2.75, 3.05) is 7.05 Å². The zero-order valence-corrected chi connectivity index (χ0v) is 11.7. The molecule has 1 rings (SSSR count). The van der Waals surface area contributed by atoms with Crippen molar-refractivity contribution >= 4 is 5.71 Å². The molecule has 3 nitrogen and oxygen atoms in total. The maximum atomic E-state index is 5.75. The van der Waals surface area contributed by atoms with Gasteiger partial charge in [-0.3, -0.25) is 4.99 Å². The molecule has 0 aromatic carbocycles. The molecule has 0 amide bonds. The Morgan fingerprint density at radius 2 is 1.88 bits per heavy atom. The van der Waals surface area contributed by atoms with Crippen LogP contribution in [0.3, 0.4) is 0 Å². The smallest absolute Gasteiger partial charge is 0.0504 e. The Morgan fingerprint density at radius 3 is 2.29 bits per heavy atom. The molecule has 1 fully saturated rings. The summed E-state index contributed by atoms with van der Waals surface area (Å²) in [5.74, 6) is 0.454. The first-order chi connectivity index (χ1) is 8.02. The van der Waals surface area contributed by atoms with Gasteiger partial charge in [0, 0.05) is 17.5 Å². The Morgan fingerprint density at radius 1 is 1.29 bits per heavy atom. The van der Waals surface area contributed by atoms with Crippen LogP contribution in [0.5, 0.6) is 0 Å². The van der Waals surface area contributed by atoms with Crippen molar-refractivity contribution < 1.29 is 0 Å². The van der Waals surface area contributed by atoms with Crippen LogP contribution in [0.15, 0.2) is 16.8 Å². The fourth-order valence-corrected chi connectivity index (χ4v) is 2.29.